The minimum atomic E-state index is 1.24. The number of hydrogen-bond acceptors (Lipinski definition) is 1. The van der Waals surface area contributed by atoms with E-state index in [2.05, 4.69) is 188 Å². The molecule has 3 aromatic heterocycles. The third-order valence-electron chi connectivity index (χ3n) is 14.4. The van der Waals surface area contributed by atoms with Crippen molar-refractivity contribution in [3.63, 3.8) is 0 Å². The maximum absolute atomic E-state index is 2.67. The molecule has 0 aliphatic carbocycles. The quantitative estimate of drug-likeness (QED) is 0.160. The third-order valence-corrected chi connectivity index (χ3v) is 15.6. The highest BCUT2D eigenvalue weighted by Crippen LogP contribution is 2.41. The van der Waals surface area contributed by atoms with E-state index in [9.17, 15) is 0 Å². The number of nitrogens with zero attached hydrogens (tertiary/aromatic N) is 2. The third kappa shape index (κ3) is 4.82. The molecule has 0 aliphatic rings. The Morgan fingerprint density at radius 1 is 0.386 bits per heavy atom. The zero-order valence-electron chi connectivity index (χ0n) is 35.4. The number of aromatic nitrogens is 2. The molecule has 3 heterocycles. The van der Waals surface area contributed by atoms with E-state index in [4.69, 9.17) is 0 Å². The minimum Gasteiger partial charge on any atom is -0.312 e. The number of benzene rings is 7. The van der Waals surface area contributed by atoms with Crippen LogP contribution in [0.3, 0.4) is 0 Å². The molecule has 258 valence electrons. The lowest BCUT2D eigenvalue weighted by atomic mass is 9.61. The SMILES string of the molecule is Bc1c(B)c(B)c(-n2c3c(B)c(B)c(B)c(B)c3c3c(B)c(-c4ccc5c(c4)c4ccccc4n5-c4cccc5c4sc4ccccc45)c(B)c(B)c32)c(B)c1B. The summed E-state index contributed by atoms with van der Waals surface area (Å²) in [4.78, 5) is 0. The van der Waals surface area contributed by atoms with Crippen LogP contribution in [0.2, 0.25) is 0 Å². The van der Waals surface area contributed by atoms with Crippen LogP contribution in [-0.2, 0) is 0 Å². The Hall–Kier alpha value is -4.86. The van der Waals surface area contributed by atoms with E-state index < -0.39 is 0 Å². The van der Waals surface area contributed by atoms with Gasteiger partial charge in [0, 0.05) is 48.4 Å². The highest BCUT2D eigenvalue weighted by molar-refractivity contribution is 7.26. The molecule has 0 fully saturated rings. The molecule has 2 nitrogen and oxygen atoms in total. The fourth-order valence-electron chi connectivity index (χ4n) is 10.5. The number of para-hydroxylation sites is 1. The fourth-order valence-corrected chi connectivity index (χ4v) is 11.7. The molecular weight excluding hydrogens is 694 g/mol. The molecule has 7 aromatic carbocycles. The molecule has 0 amide bonds. The monoisotopic (exact) mass is 734 g/mol. The van der Waals surface area contributed by atoms with E-state index >= 15 is 0 Å². The Balaban J connectivity index is 1.30. The molecule has 10 aromatic rings. The Bertz CT molecular complexity index is 3420. The van der Waals surface area contributed by atoms with E-state index in [0.717, 1.165) is 0 Å². The van der Waals surface area contributed by atoms with Crippen LogP contribution < -0.4 is 65.6 Å². The molecule has 0 saturated carbocycles. The van der Waals surface area contributed by atoms with Crippen LogP contribution >= 0.6 is 11.3 Å². The largest absolute Gasteiger partial charge is 0.312 e. The van der Waals surface area contributed by atoms with E-state index in [0.29, 0.717) is 0 Å². The lowest BCUT2D eigenvalue weighted by Gasteiger charge is -2.25. The van der Waals surface area contributed by atoms with Gasteiger partial charge in [-0.3, -0.25) is 0 Å². The van der Waals surface area contributed by atoms with E-state index in [1.807, 2.05) is 11.3 Å². The van der Waals surface area contributed by atoms with E-state index in [-0.39, 0.29) is 0 Å². The standard InChI is InChI=1S/C42H38B12N2S/c43-27-24(15-12-13-21-19(14-15)16-6-1-3-9-20(16)55(21)22-10-5-8-18-17-7-2-4-11-23(17)57-42(18)22)28(44)35(51)39-25(27)26-29(45)30(46)32(48)36(52)40(26)56(39)41-37(53)33(49)31(47)34(50)38(41)54/h1-14H,43-54H2. The molecular formula is C42H38B12N2S. The number of thiophene rings is 1. The average molecular weight is 733 g/mol. The molecule has 10 rings (SSSR count). The van der Waals surface area contributed by atoms with Crippen molar-refractivity contribution in [2.24, 2.45) is 0 Å². The maximum Gasteiger partial charge on any atom is 0.141 e. The van der Waals surface area contributed by atoms with Gasteiger partial charge >= 0.3 is 0 Å². The van der Waals surface area contributed by atoms with Gasteiger partial charge in [-0.2, -0.15) is 0 Å². The van der Waals surface area contributed by atoms with Crippen LogP contribution in [0, 0.1) is 0 Å². The van der Waals surface area contributed by atoms with Crippen molar-refractivity contribution < 1.29 is 0 Å². The molecule has 0 spiro atoms. The zero-order valence-corrected chi connectivity index (χ0v) is 36.2. The summed E-state index contributed by atoms with van der Waals surface area (Å²) in [6.07, 6.45) is 0. The van der Waals surface area contributed by atoms with Gasteiger partial charge in [0.2, 0.25) is 0 Å². The first-order valence-electron chi connectivity index (χ1n) is 20.4. The van der Waals surface area contributed by atoms with Gasteiger partial charge in [0.1, 0.15) is 94.2 Å². The Labute approximate surface area is 349 Å². The van der Waals surface area contributed by atoms with Gasteiger partial charge < -0.3 is 9.13 Å². The summed E-state index contributed by atoms with van der Waals surface area (Å²) in [5, 5.41) is 8.01. The van der Waals surface area contributed by atoms with Crippen LogP contribution in [0.15, 0.2) is 84.9 Å². The Kier molecular flexibility index (Phi) is 8.20. The Morgan fingerprint density at radius 2 is 0.930 bits per heavy atom. The van der Waals surface area contributed by atoms with Crippen LogP contribution in [-0.4, -0.2) is 103 Å². The normalized spacial score (nSPS) is 12.0. The number of rotatable bonds is 3. The van der Waals surface area contributed by atoms with Crippen molar-refractivity contribution in [3.8, 4) is 22.5 Å². The van der Waals surface area contributed by atoms with Crippen molar-refractivity contribution in [2.75, 3.05) is 0 Å². The summed E-state index contributed by atoms with van der Waals surface area (Å²) in [5.74, 6) is 0. The second kappa shape index (κ2) is 12.8. The molecule has 0 bridgehead atoms. The molecule has 0 saturated heterocycles. The highest BCUT2D eigenvalue weighted by atomic mass is 32.1. The van der Waals surface area contributed by atoms with Gasteiger partial charge in [-0.05, 0) is 46.8 Å². The van der Waals surface area contributed by atoms with Crippen LogP contribution in [0.4, 0.5) is 0 Å². The number of fused-ring (bicyclic) bond motifs is 9. The summed E-state index contributed by atoms with van der Waals surface area (Å²) in [6, 6.07) is 31.8. The molecule has 15 heteroatoms. The van der Waals surface area contributed by atoms with E-state index in [1.54, 1.807) is 0 Å². The molecule has 0 N–H and O–H groups in total. The topological polar surface area (TPSA) is 9.86 Å². The summed E-state index contributed by atoms with van der Waals surface area (Å²) >= 11 is 1.90. The fraction of sp³-hybridized carbons (Fsp3) is 0. The van der Waals surface area contributed by atoms with Crippen molar-refractivity contribution in [1.29, 1.82) is 0 Å². The highest BCUT2D eigenvalue weighted by Gasteiger charge is 2.27. The number of hydrogen-bond donors (Lipinski definition) is 0. The van der Waals surface area contributed by atoms with Crippen molar-refractivity contribution in [3.05, 3.63) is 84.9 Å². The van der Waals surface area contributed by atoms with Gasteiger partial charge in [-0.15, -0.1) is 22.3 Å². The second-order valence-corrected chi connectivity index (χ2v) is 17.9. The van der Waals surface area contributed by atoms with Gasteiger partial charge in [-0.25, -0.2) is 0 Å². The molecule has 0 aliphatic heterocycles. The summed E-state index contributed by atoms with van der Waals surface area (Å²) in [5.41, 5.74) is 26.9. The lowest BCUT2D eigenvalue weighted by molar-refractivity contribution is 1.20. The van der Waals surface area contributed by atoms with Gasteiger partial charge in [0.05, 0.1) is 21.4 Å². The maximum atomic E-state index is 2.67. The van der Waals surface area contributed by atoms with Crippen LogP contribution in [0.25, 0.3) is 86.3 Å². The summed E-state index contributed by atoms with van der Waals surface area (Å²) in [6.45, 7) is 0. The minimum absolute atomic E-state index is 1.24. The van der Waals surface area contributed by atoms with Crippen molar-refractivity contribution in [2.45, 2.75) is 0 Å². The molecule has 0 radical (unpaired) electrons. The first-order valence-corrected chi connectivity index (χ1v) is 21.2. The molecule has 0 unspecified atom stereocenters. The summed E-state index contributed by atoms with van der Waals surface area (Å²) in [7, 11) is 28.0. The average Bonchev–Trinajstić information content (AvgIpc) is 3.88. The summed E-state index contributed by atoms with van der Waals surface area (Å²) < 4.78 is 7.83. The zero-order chi connectivity index (χ0) is 39.9. The van der Waals surface area contributed by atoms with Crippen LogP contribution in [0.1, 0.15) is 0 Å². The van der Waals surface area contributed by atoms with Crippen LogP contribution in [0.5, 0.6) is 0 Å². The first-order chi connectivity index (χ1) is 27.3. The van der Waals surface area contributed by atoms with Gasteiger partial charge in [0.25, 0.3) is 0 Å². The van der Waals surface area contributed by atoms with E-state index in [1.165, 1.54) is 152 Å². The Morgan fingerprint density at radius 3 is 1.65 bits per heavy atom. The second-order valence-electron chi connectivity index (χ2n) is 16.8. The van der Waals surface area contributed by atoms with Crippen molar-refractivity contribution in [1.82, 2.24) is 9.13 Å². The van der Waals surface area contributed by atoms with Gasteiger partial charge in [-0.1, -0.05) is 109 Å². The molecule has 57 heavy (non-hydrogen) atoms. The molecule has 0 atom stereocenters. The predicted octanol–water partition coefficient (Wildman–Crippen LogP) is -8.98. The smallest absolute Gasteiger partial charge is 0.141 e. The first kappa shape index (κ1) is 36.5. The van der Waals surface area contributed by atoms with Crippen molar-refractivity contribution >= 4 is 235 Å². The lowest BCUT2D eigenvalue weighted by Crippen LogP contribution is -2.56. The predicted molar refractivity (Wildman–Crippen MR) is 292 cm³/mol. The van der Waals surface area contributed by atoms with Gasteiger partial charge in [0.15, 0.2) is 0 Å².